The summed E-state index contributed by atoms with van der Waals surface area (Å²) in [6.07, 6.45) is 3.82. The minimum atomic E-state index is 0.726. The molecular formula is C16H27N3. The van der Waals surface area contributed by atoms with E-state index in [1.54, 1.807) is 0 Å². The first-order valence-electron chi connectivity index (χ1n) is 7.61. The summed E-state index contributed by atoms with van der Waals surface area (Å²) in [5.41, 5.74) is 3.88. The van der Waals surface area contributed by atoms with Crippen LogP contribution in [0.15, 0.2) is 6.07 Å². The maximum atomic E-state index is 4.83. The Morgan fingerprint density at radius 2 is 2.05 bits per heavy atom. The number of nitrogens with zero attached hydrogens (tertiary/aromatic N) is 2. The van der Waals surface area contributed by atoms with Gasteiger partial charge in [0.15, 0.2) is 0 Å². The van der Waals surface area contributed by atoms with Crippen LogP contribution < -0.4 is 10.2 Å². The Balaban J connectivity index is 2.27. The second-order valence-corrected chi connectivity index (χ2v) is 5.58. The summed E-state index contributed by atoms with van der Waals surface area (Å²) in [6.45, 7) is 11.8. The van der Waals surface area contributed by atoms with Gasteiger partial charge in [0, 0.05) is 30.4 Å². The minimum Gasteiger partial charge on any atom is -0.354 e. The molecular weight excluding hydrogens is 234 g/mol. The molecule has 0 bridgehead atoms. The smallest absolute Gasteiger partial charge is 0.133 e. The van der Waals surface area contributed by atoms with Crippen LogP contribution in [0.5, 0.6) is 0 Å². The van der Waals surface area contributed by atoms with E-state index in [1.807, 2.05) is 0 Å². The molecule has 1 aromatic heterocycles. The van der Waals surface area contributed by atoms with Gasteiger partial charge >= 0.3 is 0 Å². The number of rotatable bonds is 7. The van der Waals surface area contributed by atoms with Gasteiger partial charge in [0.25, 0.3) is 0 Å². The summed E-state index contributed by atoms with van der Waals surface area (Å²) in [6, 6.07) is 2.93. The van der Waals surface area contributed by atoms with Gasteiger partial charge < -0.3 is 10.2 Å². The van der Waals surface area contributed by atoms with Gasteiger partial charge in [-0.15, -0.1) is 0 Å². The summed E-state index contributed by atoms with van der Waals surface area (Å²) >= 11 is 0. The van der Waals surface area contributed by atoms with Crippen molar-refractivity contribution in [3.05, 3.63) is 22.9 Å². The summed E-state index contributed by atoms with van der Waals surface area (Å²) in [5, 5.41) is 3.52. The Bertz CT molecular complexity index is 424. The van der Waals surface area contributed by atoms with Crippen LogP contribution in [0.25, 0.3) is 0 Å². The van der Waals surface area contributed by atoms with E-state index in [9.17, 15) is 0 Å². The van der Waals surface area contributed by atoms with Crippen LogP contribution in [-0.2, 0) is 6.54 Å². The average molecular weight is 261 g/mol. The van der Waals surface area contributed by atoms with Crippen molar-refractivity contribution in [2.45, 2.75) is 59.5 Å². The Hall–Kier alpha value is -1.09. The molecule has 2 rings (SSSR count). The molecule has 3 nitrogen and oxygen atoms in total. The monoisotopic (exact) mass is 261 g/mol. The van der Waals surface area contributed by atoms with Crippen molar-refractivity contribution >= 4 is 5.82 Å². The zero-order valence-corrected chi connectivity index (χ0v) is 12.8. The predicted molar refractivity (Wildman–Crippen MR) is 81.8 cm³/mol. The van der Waals surface area contributed by atoms with Gasteiger partial charge in [-0.3, -0.25) is 0 Å². The van der Waals surface area contributed by atoms with Crippen LogP contribution in [0, 0.1) is 13.8 Å². The molecule has 3 heteroatoms. The summed E-state index contributed by atoms with van der Waals surface area (Å²) in [7, 11) is 0. The third-order valence-corrected chi connectivity index (χ3v) is 3.78. The standard InChI is InChI=1S/C16H27N3/c1-5-9-17-11-15-12(3)10-13(4)18-16(15)19(6-2)14-7-8-14/h10,14,17H,5-9,11H2,1-4H3. The minimum absolute atomic E-state index is 0.726. The fraction of sp³-hybridized carbons (Fsp3) is 0.688. The molecule has 1 saturated carbocycles. The van der Waals surface area contributed by atoms with Crippen molar-refractivity contribution in [1.82, 2.24) is 10.3 Å². The zero-order valence-electron chi connectivity index (χ0n) is 12.8. The lowest BCUT2D eigenvalue weighted by Gasteiger charge is -2.26. The molecule has 1 N–H and O–H groups in total. The molecule has 0 spiro atoms. The second-order valence-electron chi connectivity index (χ2n) is 5.58. The molecule has 0 radical (unpaired) electrons. The number of aryl methyl sites for hydroxylation is 2. The highest BCUT2D eigenvalue weighted by molar-refractivity contribution is 5.53. The molecule has 0 atom stereocenters. The van der Waals surface area contributed by atoms with Gasteiger partial charge in [-0.2, -0.15) is 0 Å². The van der Waals surface area contributed by atoms with Gasteiger partial charge in [0.2, 0.25) is 0 Å². The molecule has 19 heavy (non-hydrogen) atoms. The Labute approximate surface area is 117 Å². The topological polar surface area (TPSA) is 28.2 Å². The fourth-order valence-corrected chi connectivity index (χ4v) is 2.66. The first-order valence-corrected chi connectivity index (χ1v) is 7.61. The average Bonchev–Trinajstić information content (AvgIpc) is 3.18. The van der Waals surface area contributed by atoms with Crippen molar-refractivity contribution < 1.29 is 0 Å². The molecule has 106 valence electrons. The number of hydrogen-bond donors (Lipinski definition) is 1. The van der Waals surface area contributed by atoms with Crippen LogP contribution in [0.3, 0.4) is 0 Å². The van der Waals surface area contributed by atoms with Crippen LogP contribution in [0.4, 0.5) is 5.82 Å². The SMILES string of the molecule is CCCNCc1c(C)cc(C)nc1N(CC)C1CC1. The summed E-state index contributed by atoms with van der Waals surface area (Å²) in [4.78, 5) is 7.32. The van der Waals surface area contributed by atoms with E-state index in [2.05, 4.69) is 44.0 Å². The Kier molecular flexibility index (Phi) is 4.81. The Morgan fingerprint density at radius 1 is 1.32 bits per heavy atom. The first kappa shape index (κ1) is 14.3. The zero-order chi connectivity index (χ0) is 13.8. The normalized spacial score (nSPS) is 14.7. The molecule has 1 fully saturated rings. The van der Waals surface area contributed by atoms with E-state index in [4.69, 9.17) is 4.98 Å². The van der Waals surface area contributed by atoms with Crippen molar-refractivity contribution in [2.75, 3.05) is 18.0 Å². The number of nitrogens with one attached hydrogen (secondary N) is 1. The van der Waals surface area contributed by atoms with E-state index in [-0.39, 0.29) is 0 Å². The quantitative estimate of drug-likeness (QED) is 0.764. The van der Waals surface area contributed by atoms with E-state index in [0.29, 0.717) is 0 Å². The van der Waals surface area contributed by atoms with Gasteiger partial charge in [-0.25, -0.2) is 4.98 Å². The number of anilines is 1. The third-order valence-electron chi connectivity index (χ3n) is 3.78. The molecule has 0 aliphatic heterocycles. The highest BCUT2D eigenvalue weighted by Gasteiger charge is 2.30. The number of aromatic nitrogens is 1. The second kappa shape index (κ2) is 6.38. The molecule has 1 aliphatic rings. The molecule has 0 saturated heterocycles. The first-order chi connectivity index (χ1) is 9.17. The van der Waals surface area contributed by atoms with E-state index < -0.39 is 0 Å². The lowest BCUT2D eigenvalue weighted by atomic mass is 10.1. The summed E-state index contributed by atoms with van der Waals surface area (Å²) < 4.78 is 0. The van der Waals surface area contributed by atoms with Crippen LogP contribution >= 0.6 is 0 Å². The van der Waals surface area contributed by atoms with Gasteiger partial charge in [0.05, 0.1) is 0 Å². The van der Waals surface area contributed by atoms with Gasteiger partial charge in [-0.1, -0.05) is 6.92 Å². The summed E-state index contributed by atoms with van der Waals surface area (Å²) in [5.74, 6) is 1.21. The van der Waals surface area contributed by atoms with Crippen LogP contribution in [-0.4, -0.2) is 24.1 Å². The van der Waals surface area contributed by atoms with Crippen molar-refractivity contribution in [1.29, 1.82) is 0 Å². The van der Waals surface area contributed by atoms with Crippen LogP contribution in [0.2, 0.25) is 0 Å². The Morgan fingerprint density at radius 3 is 2.63 bits per heavy atom. The molecule has 0 aromatic carbocycles. The highest BCUT2D eigenvalue weighted by Crippen LogP contribution is 2.33. The molecule has 1 aliphatic carbocycles. The predicted octanol–water partition coefficient (Wildman–Crippen LogP) is 3.19. The molecule has 0 amide bonds. The highest BCUT2D eigenvalue weighted by atomic mass is 15.2. The van der Waals surface area contributed by atoms with E-state index in [1.165, 1.54) is 36.2 Å². The maximum Gasteiger partial charge on any atom is 0.133 e. The maximum absolute atomic E-state index is 4.83. The lowest BCUT2D eigenvalue weighted by molar-refractivity contribution is 0.666. The lowest BCUT2D eigenvalue weighted by Crippen LogP contribution is -2.29. The molecule has 1 heterocycles. The number of pyridine rings is 1. The molecule has 0 unspecified atom stereocenters. The largest absolute Gasteiger partial charge is 0.354 e. The molecule has 1 aromatic rings. The van der Waals surface area contributed by atoms with Gasteiger partial charge in [-0.05, 0) is 58.2 Å². The third kappa shape index (κ3) is 3.47. The van der Waals surface area contributed by atoms with Crippen molar-refractivity contribution in [3.8, 4) is 0 Å². The van der Waals surface area contributed by atoms with E-state index >= 15 is 0 Å². The van der Waals surface area contributed by atoms with Gasteiger partial charge in [0.1, 0.15) is 5.82 Å². The fourth-order valence-electron chi connectivity index (χ4n) is 2.66. The van der Waals surface area contributed by atoms with Crippen molar-refractivity contribution in [3.63, 3.8) is 0 Å². The number of hydrogen-bond acceptors (Lipinski definition) is 3. The van der Waals surface area contributed by atoms with Crippen LogP contribution in [0.1, 0.15) is 49.9 Å². The van der Waals surface area contributed by atoms with E-state index in [0.717, 1.165) is 31.4 Å². The van der Waals surface area contributed by atoms with Crippen molar-refractivity contribution in [2.24, 2.45) is 0 Å².